The summed E-state index contributed by atoms with van der Waals surface area (Å²) in [4.78, 5) is 18.1. The minimum Gasteiger partial charge on any atom is -0.375 e. The Hall–Kier alpha value is -2.77. The lowest BCUT2D eigenvalue weighted by molar-refractivity contribution is 0.0273. The summed E-state index contributed by atoms with van der Waals surface area (Å²) < 4.78 is 7.27. The van der Waals surface area contributed by atoms with Crippen molar-refractivity contribution in [2.24, 2.45) is 5.73 Å². The number of rotatable bonds is 4. The van der Waals surface area contributed by atoms with Gasteiger partial charge in [-0.25, -0.2) is 9.50 Å². The first-order valence-electron chi connectivity index (χ1n) is 8.69. The molecule has 2 fully saturated rings. The number of aromatic nitrogens is 3. The number of morpholine rings is 1. The molecule has 0 unspecified atom stereocenters. The Kier molecular flexibility index (Phi) is 3.51. The number of fused-ring (bicyclic) bond motifs is 3. The van der Waals surface area contributed by atoms with Crippen LogP contribution in [0.15, 0.2) is 36.4 Å². The zero-order valence-corrected chi connectivity index (χ0v) is 14.1. The number of carbonyl (C=O) groups is 1. The lowest BCUT2D eigenvalue weighted by Gasteiger charge is -2.26. The van der Waals surface area contributed by atoms with Crippen LogP contribution in [-0.4, -0.2) is 50.7 Å². The number of hydrogen-bond acceptors (Lipinski definition) is 5. The SMILES string of the molecule is NC(=O)c1ccc(-c2ccc(CN3C[C@@H]4C[C@H]3CO4)cc2)n2n[c]nc12. The first kappa shape index (κ1) is 15.5. The molecule has 4 heterocycles. The van der Waals surface area contributed by atoms with Crippen LogP contribution in [0.1, 0.15) is 22.3 Å². The third kappa shape index (κ3) is 2.48. The van der Waals surface area contributed by atoms with Gasteiger partial charge in [0.1, 0.15) is 0 Å². The highest BCUT2D eigenvalue weighted by molar-refractivity contribution is 5.99. The predicted molar refractivity (Wildman–Crippen MR) is 94.3 cm³/mol. The van der Waals surface area contributed by atoms with Crippen molar-refractivity contribution < 1.29 is 9.53 Å². The Labute approximate surface area is 150 Å². The van der Waals surface area contributed by atoms with Crippen LogP contribution in [0.3, 0.4) is 0 Å². The molecule has 2 aliphatic heterocycles. The van der Waals surface area contributed by atoms with Crippen LogP contribution in [0.2, 0.25) is 0 Å². The molecule has 2 N–H and O–H groups in total. The zero-order valence-electron chi connectivity index (χ0n) is 14.1. The van der Waals surface area contributed by atoms with Gasteiger partial charge in [0.15, 0.2) is 5.65 Å². The third-order valence-corrected chi connectivity index (χ3v) is 5.29. The lowest BCUT2D eigenvalue weighted by Crippen LogP contribution is -2.36. The molecule has 3 aromatic rings. The summed E-state index contributed by atoms with van der Waals surface area (Å²) >= 11 is 0. The predicted octanol–water partition coefficient (Wildman–Crippen LogP) is 1.27. The average molecular weight is 348 g/mol. The fourth-order valence-electron chi connectivity index (χ4n) is 3.96. The summed E-state index contributed by atoms with van der Waals surface area (Å²) in [5, 5.41) is 4.12. The van der Waals surface area contributed by atoms with Gasteiger partial charge in [0.25, 0.3) is 5.91 Å². The molecule has 2 bridgehead atoms. The smallest absolute Gasteiger partial charge is 0.252 e. The minimum absolute atomic E-state index is 0.338. The lowest BCUT2D eigenvalue weighted by atomic mass is 10.1. The number of benzene rings is 1. The topological polar surface area (TPSA) is 85.8 Å². The number of carbonyl (C=O) groups excluding carboxylic acids is 1. The van der Waals surface area contributed by atoms with E-state index in [1.54, 1.807) is 10.6 Å². The van der Waals surface area contributed by atoms with Crippen LogP contribution >= 0.6 is 0 Å². The Morgan fingerprint density at radius 3 is 2.81 bits per heavy atom. The number of nitrogens with two attached hydrogens (primary N) is 1. The molecule has 1 amide bonds. The molecule has 2 atom stereocenters. The van der Waals surface area contributed by atoms with Gasteiger partial charge >= 0.3 is 0 Å². The van der Waals surface area contributed by atoms with Gasteiger partial charge in [-0.1, -0.05) is 24.3 Å². The molecular weight excluding hydrogens is 330 g/mol. The third-order valence-electron chi connectivity index (χ3n) is 5.29. The average Bonchev–Trinajstić information content (AvgIpc) is 3.38. The van der Waals surface area contributed by atoms with E-state index in [9.17, 15) is 4.79 Å². The van der Waals surface area contributed by atoms with E-state index < -0.39 is 5.91 Å². The first-order chi connectivity index (χ1) is 12.7. The molecule has 2 aromatic heterocycles. The second kappa shape index (κ2) is 5.89. The molecule has 2 aliphatic rings. The van der Waals surface area contributed by atoms with E-state index in [-0.39, 0.29) is 0 Å². The van der Waals surface area contributed by atoms with Crippen LogP contribution in [0.5, 0.6) is 0 Å². The molecule has 7 heteroatoms. The van der Waals surface area contributed by atoms with Gasteiger partial charge in [0, 0.05) is 24.7 Å². The van der Waals surface area contributed by atoms with Gasteiger partial charge < -0.3 is 10.5 Å². The summed E-state index contributed by atoms with van der Waals surface area (Å²) in [6.45, 7) is 2.82. The van der Waals surface area contributed by atoms with Crippen molar-refractivity contribution in [1.29, 1.82) is 0 Å². The largest absolute Gasteiger partial charge is 0.375 e. The molecule has 1 aromatic carbocycles. The first-order valence-corrected chi connectivity index (χ1v) is 8.69. The van der Waals surface area contributed by atoms with E-state index in [1.165, 1.54) is 5.56 Å². The molecule has 1 radical (unpaired) electrons. The maximum Gasteiger partial charge on any atom is 0.252 e. The highest BCUT2D eigenvalue weighted by Crippen LogP contribution is 2.29. The van der Waals surface area contributed by atoms with Gasteiger partial charge in [-0.2, -0.15) is 0 Å². The van der Waals surface area contributed by atoms with E-state index in [1.807, 2.05) is 6.07 Å². The second-order valence-corrected chi connectivity index (χ2v) is 6.91. The highest BCUT2D eigenvalue weighted by Gasteiger charge is 2.38. The van der Waals surface area contributed by atoms with Gasteiger partial charge in [0.05, 0.1) is 24.0 Å². The van der Waals surface area contributed by atoms with Crippen molar-refractivity contribution in [3.8, 4) is 11.3 Å². The monoisotopic (exact) mass is 348 g/mol. The summed E-state index contributed by atoms with van der Waals surface area (Å²) in [6.07, 6.45) is 4.13. The Morgan fingerprint density at radius 1 is 1.27 bits per heavy atom. The van der Waals surface area contributed by atoms with Crippen molar-refractivity contribution in [3.05, 3.63) is 53.9 Å². The minimum atomic E-state index is -0.526. The quantitative estimate of drug-likeness (QED) is 0.767. The standard InChI is InChI=1S/C19H18N5O2/c20-18(25)16-5-6-17(24-19(16)21-11-22-24)13-3-1-12(2-4-13)8-23-9-15-7-14(23)10-26-15/h1-6,14-15H,7-10H2,(H2,20,25)/t14-,15-/m0/s1. The fraction of sp³-hybridized carbons (Fsp3) is 0.316. The van der Waals surface area contributed by atoms with Gasteiger partial charge in [-0.15, -0.1) is 5.10 Å². The summed E-state index contributed by atoms with van der Waals surface area (Å²) in [5.74, 6) is -0.526. The van der Waals surface area contributed by atoms with E-state index in [0.717, 1.165) is 37.4 Å². The van der Waals surface area contributed by atoms with Crippen molar-refractivity contribution in [1.82, 2.24) is 19.5 Å². The van der Waals surface area contributed by atoms with Crippen LogP contribution in [0.4, 0.5) is 0 Å². The number of pyridine rings is 1. The molecule has 2 saturated heterocycles. The Morgan fingerprint density at radius 2 is 2.12 bits per heavy atom. The van der Waals surface area contributed by atoms with Crippen molar-refractivity contribution >= 4 is 11.6 Å². The molecule has 0 aliphatic carbocycles. The number of hydrogen-bond donors (Lipinski definition) is 1. The molecule has 0 spiro atoms. The number of amides is 1. The molecule has 0 saturated carbocycles. The number of nitrogens with zero attached hydrogens (tertiary/aromatic N) is 4. The normalized spacial score (nSPS) is 22.3. The van der Waals surface area contributed by atoms with Crippen LogP contribution in [0.25, 0.3) is 16.9 Å². The van der Waals surface area contributed by atoms with E-state index in [4.69, 9.17) is 10.5 Å². The van der Waals surface area contributed by atoms with Crippen molar-refractivity contribution in [2.75, 3.05) is 13.2 Å². The Bertz CT molecular complexity index is 981. The van der Waals surface area contributed by atoms with E-state index in [0.29, 0.717) is 23.4 Å². The van der Waals surface area contributed by atoms with Crippen LogP contribution in [0, 0.1) is 6.33 Å². The maximum absolute atomic E-state index is 11.5. The Balaban J connectivity index is 1.43. The maximum atomic E-state index is 11.5. The van der Waals surface area contributed by atoms with Gasteiger partial charge in [-0.05, 0) is 24.1 Å². The molecule has 5 rings (SSSR count). The summed E-state index contributed by atoms with van der Waals surface area (Å²) in [6, 6.07) is 12.5. The molecule has 26 heavy (non-hydrogen) atoms. The number of primary amides is 1. The second-order valence-electron chi connectivity index (χ2n) is 6.91. The number of likely N-dealkylation sites (tertiary alicyclic amines) is 1. The van der Waals surface area contributed by atoms with Gasteiger partial charge in [0.2, 0.25) is 6.33 Å². The zero-order chi connectivity index (χ0) is 17.7. The van der Waals surface area contributed by atoms with E-state index in [2.05, 4.69) is 45.6 Å². The van der Waals surface area contributed by atoms with E-state index >= 15 is 0 Å². The number of ether oxygens (including phenoxy) is 1. The fourth-order valence-corrected chi connectivity index (χ4v) is 3.96. The molecule has 131 valence electrons. The molecular formula is C19H18N5O2. The summed E-state index contributed by atoms with van der Waals surface area (Å²) in [5.41, 5.74) is 9.29. The van der Waals surface area contributed by atoms with Crippen LogP contribution in [-0.2, 0) is 11.3 Å². The highest BCUT2D eigenvalue weighted by atomic mass is 16.5. The van der Waals surface area contributed by atoms with Crippen LogP contribution < -0.4 is 5.73 Å². The van der Waals surface area contributed by atoms with Crippen molar-refractivity contribution in [3.63, 3.8) is 0 Å². The van der Waals surface area contributed by atoms with Crippen molar-refractivity contribution in [2.45, 2.75) is 25.1 Å². The summed E-state index contributed by atoms with van der Waals surface area (Å²) in [7, 11) is 0. The van der Waals surface area contributed by atoms with Gasteiger partial charge in [-0.3, -0.25) is 9.69 Å². The molecule has 7 nitrogen and oxygen atoms in total.